The first-order valence-electron chi connectivity index (χ1n) is 7.78. The molecular formula is C17H25ClN2O2. The number of nitrogens with one attached hydrogen (secondary N) is 1. The van der Waals surface area contributed by atoms with Crippen molar-refractivity contribution in [1.82, 2.24) is 10.2 Å². The number of benzene rings is 1. The number of piperidine rings is 1. The van der Waals surface area contributed by atoms with Crippen LogP contribution < -0.4 is 5.32 Å². The molecule has 122 valence electrons. The third kappa shape index (κ3) is 5.85. The number of hydrogen-bond acceptors (Lipinski definition) is 3. The van der Waals surface area contributed by atoms with Gasteiger partial charge in [0.1, 0.15) is 5.60 Å². The van der Waals surface area contributed by atoms with Gasteiger partial charge in [0.25, 0.3) is 0 Å². The zero-order chi connectivity index (χ0) is 16.2. The molecule has 0 spiro atoms. The van der Waals surface area contributed by atoms with E-state index in [0.717, 1.165) is 37.5 Å². The van der Waals surface area contributed by atoms with Gasteiger partial charge in [-0.2, -0.15) is 0 Å². The quantitative estimate of drug-likeness (QED) is 0.918. The largest absolute Gasteiger partial charge is 0.444 e. The number of nitrogens with zero attached hydrogens (tertiary/aromatic N) is 1. The molecule has 1 N–H and O–H groups in total. The van der Waals surface area contributed by atoms with E-state index in [0.29, 0.717) is 0 Å². The van der Waals surface area contributed by atoms with Crippen LogP contribution in [0.25, 0.3) is 0 Å². The number of ether oxygens (including phenoxy) is 1. The molecule has 0 unspecified atom stereocenters. The minimum Gasteiger partial charge on any atom is -0.444 e. The van der Waals surface area contributed by atoms with E-state index in [-0.39, 0.29) is 12.1 Å². The van der Waals surface area contributed by atoms with Crippen molar-refractivity contribution < 1.29 is 9.53 Å². The summed E-state index contributed by atoms with van der Waals surface area (Å²) >= 11 is 5.91. The van der Waals surface area contributed by atoms with E-state index in [2.05, 4.69) is 10.2 Å². The lowest BCUT2D eigenvalue weighted by Gasteiger charge is -2.33. The van der Waals surface area contributed by atoms with Crippen LogP contribution in [0.4, 0.5) is 4.79 Å². The third-order valence-corrected chi connectivity index (χ3v) is 3.80. The summed E-state index contributed by atoms with van der Waals surface area (Å²) in [5.41, 5.74) is 0.782. The lowest BCUT2D eigenvalue weighted by atomic mass is 10.0. The van der Waals surface area contributed by atoms with E-state index in [1.807, 2.05) is 45.0 Å². The van der Waals surface area contributed by atoms with Crippen LogP contribution in [0.15, 0.2) is 24.3 Å². The Morgan fingerprint density at radius 1 is 1.36 bits per heavy atom. The highest BCUT2D eigenvalue weighted by Crippen LogP contribution is 2.16. The van der Waals surface area contributed by atoms with Gasteiger partial charge in [0, 0.05) is 24.2 Å². The summed E-state index contributed by atoms with van der Waals surface area (Å²) in [5, 5.41) is 3.73. The zero-order valence-corrected chi connectivity index (χ0v) is 14.3. The lowest BCUT2D eigenvalue weighted by molar-refractivity contribution is 0.0470. The molecule has 1 saturated heterocycles. The van der Waals surface area contributed by atoms with Crippen LogP contribution in [0, 0.1) is 0 Å². The van der Waals surface area contributed by atoms with Gasteiger partial charge in [-0.25, -0.2) is 4.79 Å². The van der Waals surface area contributed by atoms with Crippen LogP contribution in [0.2, 0.25) is 5.02 Å². The summed E-state index contributed by atoms with van der Waals surface area (Å²) < 4.78 is 5.32. The second-order valence-electron chi connectivity index (χ2n) is 6.85. The van der Waals surface area contributed by atoms with E-state index < -0.39 is 5.60 Å². The van der Waals surface area contributed by atoms with Crippen LogP contribution in [0.3, 0.4) is 0 Å². The maximum absolute atomic E-state index is 11.9. The topological polar surface area (TPSA) is 41.6 Å². The second-order valence-corrected chi connectivity index (χ2v) is 7.28. The van der Waals surface area contributed by atoms with E-state index in [9.17, 15) is 4.79 Å². The van der Waals surface area contributed by atoms with Crippen LogP contribution in [0.1, 0.15) is 39.2 Å². The number of carbonyl (C=O) groups excluding carboxylic acids is 1. The molecule has 5 heteroatoms. The van der Waals surface area contributed by atoms with Crippen molar-refractivity contribution in [2.75, 3.05) is 13.1 Å². The molecule has 1 fully saturated rings. The van der Waals surface area contributed by atoms with Gasteiger partial charge in [-0.05, 0) is 57.9 Å². The van der Waals surface area contributed by atoms with Crippen molar-refractivity contribution in [2.24, 2.45) is 0 Å². The van der Waals surface area contributed by atoms with Gasteiger partial charge in [0.15, 0.2) is 0 Å². The highest BCUT2D eigenvalue weighted by Gasteiger charge is 2.24. The average molecular weight is 325 g/mol. The predicted octanol–water partition coefficient (Wildman–Crippen LogP) is 3.83. The van der Waals surface area contributed by atoms with Crippen molar-refractivity contribution >= 4 is 17.7 Å². The normalized spacial score (nSPS) is 19.7. The second kappa shape index (κ2) is 7.34. The summed E-state index contributed by atoms with van der Waals surface area (Å²) in [7, 11) is 0. The summed E-state index contributed by atoms with van der Waals surface area (Å²) in [5.74, 6) is 0. The molecule has 1 aliphatic heterocycles. The number of alkyl carbamates (subject to hydrolysis) is 1. The molecule has 0 aromatic heterocycles. The first-order chi connectivity index (χ1) is 10.3. The van der Waals surface area contributed by atoms with Gasteiger partial charge < -0.3 is 10.1 Å². The van der Waals surface area contributed by atoms with Crippen LogP contribution >= 0.6 is 11.6 Å². The Hall–Kier alpha value is -1.26. The number of rotatable bonds is 3. The van der Waals surface area contributed by atoms with E-state index >= 15 is 0 Å². The summed E-state index contributed by atoms with van der Waals surface area (Å²) in [4.78, 5) is 14.2. The third-order valence-electron chi connectivity index (χ3n) is 3.55. The van der Waals surface area contributed by atoms with E-state index in [1.54, 1.807) is 0 Å². The molecule has 1 amide bonds. The molecule has 0 aliphatic carbocycles. The number of halogens is 1. The molecule has 1 heterocycles. The molecule has 1 aliphatic rings. The van der Waals surface area contributed by atoms with Crippen molar-refractivity contribution in [3.05, 3.63) is 34.9 Å². The fourth-order valence-electron chi connectivity index (χ4n) is 2.64. The molecule has 1 atom stereocenters. The van der Waals surface area contributed by atoms with Gasteiger partial charge in [0.05, 0.1) is 0 Å². The highest BCUT2D eigenvalue weighted by atomic mass is 35.5. The van der Waals surface area contributed by atoms with Crippen LogP contribution in [-0.4, -0.2) is 35.7 Å². The number of likely N-dealkylation sites (tertiary alicyclic amines) is 1. The molecule has 0 bridgehead atoms. The summed E-state index contributed by atoms with van der Waals surface area (Å²) in [6.45, 7) is 8.40. The Bertz CT molecular complexity index is 496. The first-order valence-corrected chi connectivity index (χ1v) is 8.16. The van der Waals surface area contributed by atoms with Crippen molar-refractivity contribution in [1.29, 1.82) is 0 Å². The summed E-state index contributed by atoms with van der Waals surface area (Å²) in [6.07, 6.45) is 1.75. The van der Waals surface area contributed by atoms with Crippen molar-refractivity contribution in [3.63, 3.8) is 0 Å². The lowest BCUT2D eigenvalue weighted by Crippen LogP contribution is -2.48. The minimum atomic E-state index is -0.457. The Labute approximate surface area is 137 Å². The predicted molar refractivity (Wildman–Crippen MR) is 89.1 cm³/mol. The number of carbonyl (C=O) groups is 1. The monoisotopic (exact) mass is 324 g/mol. The molecule has 0 saturated carbocycles. The summed E-state index contributed by atoms with van der Waals surface area (Å²) in [6, 6.07) is 8.07. The minimum absolute atomic E-state index is 0.149. The van der Waals surface area contributed by atoms with Crippen LogP contribution in [-0.2, 0) is 11.3 Å². The number of amides is 1. The molecule has 0 radical (unpaired) electrons. The SMILES string of the molecule is CC(C)(C)OC(=O)N[C@H]1CCCN(Cc2ccc(Cl)cc2)C1. The van der Waals surface area contributed by atoms with Gasteiger partial charge >= 0.3 is 6.09 Å². The smallest absolute Gasteiger partial charge is 0.407 e. The maximum Gasteiger partial charge on any atom is 0.407 e. The fourth-order valence-corrected chi connectivity index (χ4v) is 2.77. The van der Waals surface area contributed by atoms with Crippen molar-refractivity contribution in [2.45, 2.75) is 51.8 Å². The Morgan fingerprint density at radius 2 is 2.05 bits per heavy atom. The highest BCUT2D eigenvalue weighted by molar-refractivity contribution is 6.30. The van der Waals surface area contributed by atoms with Crippen molar-refractivity contribution in [3.8, 4) is 0 Å². The van der Waals surface area contributed by atoms with Gasteiger partial charge in [0.2, 0.25) is 0 Å². The average Bonchev–Trinajstić information content (AvgIpc) is 2.39. The Kier molecular flexibility index (Phi) is 5.70. The first kappa shape index (κ1) is 17.1. The maximum atomic E-state index is 11.9. The Morgan fingerprint density at radius 3 is 2.68 bits per heavy atom. The van der Waals surface area contributed by atoms with Crippen LogP contribution in [0.5, 0.6) is 0 Å². The molecular weight excluding hydrogens is 300 g/mol. The van der Waals surface area contributed by atoms with Gasteiger partial charge in [-0.3, -0.25) is 4.90 Å². The fraction of sp³-hybridized carbons (Fsp3) is 0.588. The Balaban J connectivity index is 1.83. The zero-order valence-electron chi connectivity index (χ0n) is 13.6. The standard InChI is InChI=1S/C17H25ClN2O2/c1-17(2,3)22-16(21)19-15-5-4-10-20(12-15)11-13-6-8-14(18)9-7-13/h6-9,15H,4-5,10-12H2,1-3H3,(H,19,21)/t15-/m0/s1. The van der Waals surface area contributed by atoms with E-state index in [4.69, 9.17) is 16.3 Å². The van der Waals surface area contributed by atoms with E-state index in [1.165, 1.54) is 5.56 Å². The van der Waals surface area contributed by atoms with Gasteiger partial charge in [-0.1, -0.05) is 23.7 Å². The molecule has 2 rings (SSSR count). The van der Waals surface area contributed by atoms with Gasteiger partial charge in [-0.15, -0.1) is 0 Å². The molecule has 1 aromatic carbocycles. The number of hydrogen-bond donors (Lipinski definition) is 1. The molecule has 22 heavy (non-hydrogen) atoms. The molecule has 1 aromatic rings. The molecule has 4 nitrogen and oxygen atoms in total.